The molecule has 0 bridgehead atoms. The molecule has 0 spiro atoms. The van der Waals surface area contributed by atoms with Crippen LogP contribution in [0.25, 0.3) is 21.4 Å². The fourth-order valence-electron chi connectivity index (χ4n) is 1.68. The first-order valence-electron chi connectivity index (χ1n) is 5.95. The Kier molecular flexibility index (Phi) is 3.66. The maximum absolute atomic E-state index is 4.20. The van der Waals surface area contributed by atoms with Crippen molar-refractivity contribution in [2.75, 3.05) is 0 Å². The summed E-state index contributed by atoms with van der Waals surface area (Å²) in [5.74, 6) is 1.15. The summed E-state index contributed by atoms with van der Waals surface area (Å²) in [5, 5.41) is 16.8. The van der Waals surface area contributed by atoms with E-state index in [1.54, 1.807) is 22.7 Å². The second kappa shape index (κ2) is 5.31. The van der Waals surface area contributed by atoms with Crippen molar-refractivity contribution >= 4 is 38.6 Å². The van der Waals surface area contributed by atoms with Gasteiger partial charge in [0.1, 0.15) is 0 Å². The molecule has 0 aromatic carbocycles. The summed E-state index contributed by atoms with van der Waals surface area (Å²) in [6.45, 7) is 6.21. The molecule has 7 heteroatoms. The van der Waals surface area contributed by atoms with Crippen molar-refractivity contribution in [3.63, 3.8) is 0 Å². The Morgan fingerprint density at radius 1 is 0.800 bits per heavy atom. The van der Waals surface area contributed by atoms with E-state index in [0.717, 1.165) is 13.5 Å². The highest BCUT2D eigenvalue weighted by molar-refractivity contribution is 9.11. The van der Waals surface area contributed by atoms with E-state index >= 15 is 0 Å². The Morgan fingerprint density at radius 2 is 1.30 bits per heavy atom. The zero-order chi connectivity index (χ0) is 14.3. The molecule has 0 unspecified atom stereocenters. The molecule has 0 N–H and O–H groups in total. The molecular formula is C13H11BrN4S2. The monoisotopic (exact) mass is 366 g/mol. The first-order valence-corrected chi connectivity index (χ1v) is 8.38. The second-order valence-electron chi connectivity index (χ2n) is 4.46. The first-order chi connectivity index (χ1) is 9.54. The van der Waals surface area contributed by atoms with Crippen LogP contribution in [0.4, 0.5) is 0 Å². The topological polar surface area (TPSA) is 51.6 Å². The van der Waals surface area contributed by atoms with Crippen LogP contribution >= 0.6 is 38.6 Å². The third-order valence-corrected chi connectivity index (χ3v) is 6.22. The number of hydrogen-bond acceptors (Lipinski definition) is 6. The SMILES string of the molecule is Cc1cc(-c2nnc(-c3cc(C)c(Br)s3)nn2)sc1C. The number of nitrogens with zero attached hydrogens (tertiary/aromatic N) is 4. The van der Waals surface area contributed by atoms with Crippen LogP contribution in [-0.2, 0) is 0 Å². The van der Waals surface area contributed by atoms with Gasteiger partial charge in [0.15, 0.2) is 0 Å². The molecule has 4 nitrogen and oxygen atoms in total. The summed E-state index contributed by atoms with van der Waals surface area (Å²) in [5.41, 5.74) is 2.41. The summed E-state index contributed by atoms with van der Waals surface area (Å²) in [6, 6.07) is 4.11. The van der Waals surface area contributed by atoms with Crippen LogP contribution < -0.4 is 0 Å². The first kappa shape index (κ1) is 13.8. The van der Waals surface area contributed by atoms with Crippen LogP contribution in [0.5, 0.6) is 0 Å². The van der Waals surface area contributed by atoms with Crippen molar-refractivity contribution in [3.05, 3.63) is 31.9 Å². The lowest BCUT2D eigenvalue weighted by Gasteiger charge is -1.95. The van der Waals surface area contributed by atoms with Gasteiger partial charge >= 0.3 is 0 Å². The van der Waals surface area contributed by atoms with Crippen molar-refractivity contribution < 1.29 is 0 Å². The van der Waals surface area contributed by atoms with E-state index in [1.165, 1.54) is 16.0 Å². The number of hydrogen-bond donors (Lipinski definition) is 0. The molecule has 3 aromatic rings. The van der Waals surface area contributed by atoms with E-state index in [0.29, 0.717) is 11.6 Å². The van der Waals surface area contributed by atoms with Gasteiger partial charge in [0, 0.05) is 4.88 Å². The maximum atomic E-state index is 4.20. The average Bonchev–Trinajstić information content (AvgIpc) is 2.94. The van der Waals surface area contributed by atoms with Crippen molar-refractivity contribution in [1.29, 1.82) is 0 Å². The molecule has 0 amide bonds. The van der Waals surface area contributed by atoms with Crippen LogP contribution in [0.1, 0.15) is 16.0 Å². The molecule has 0 radical (unpaired) electrons. The van der Waals surface area contributed by atoms with Gasteiger partial charge in [0.2, 0.25) is 11.6 Å². The third kappa shape index (κ3) is 2.53. The molecule has 0 aliphatic carbocycles. The zero-order valence-corrected chi connectivity index (χ0v) is 14.4. The maximum Gasteiger partial charge on any atom is 0.213 e. The molecule has 0 aliphatic heterocycles. The minimum absolute atomic E-state index is 0.567. The molecule has 0 aliphatic rings. The van der Waals surface area contributed by atoms with Crippen molar-refractivity contribution in [1.82, 2.24) is 20.4 Å². The Morgan fingerprint density at radius 3 is 1.70 bits per heavy atom. The lowest BCUT2D eigenvalue weighted by Crippen LogP contribution is -1.97. The standard InChI is InChI=1S/C13H11BrN4S2/c1-6-4-9(19-8(6)3)12-15-17-13(18-16-12)10-5-7(2)11(14)20-10/h4-5H,1-3H3. The van der Waals surface area contributed by atoms with Crippen LogP contribution in [0, 0.1) is 20.8 Å². The van der Waals surface area contributed by atoms with Crippen molar-refractivity contribution in [3.8, 4) is 21.4 Å². The minimum Gasteiger partial charge on any atom is -0.137 e. The van der Waals surface area contributed by atoms with Gasteiger partial charge in [-0.2, -0.15) is 0 Å². The number of aromatic nitrogens is 4. The summed E-state index contributed by atoms with van der Waals surface area (Å²) < 4.78 is 1.09. The van der Waals surface area contributed by atoms with E-state index in [9.17, 15) is 0 Å². The Bertz CT molecular complexity index is 657. The Hall–Kier alpha value is -1.18. The highest BCUT2D eigenvalue weighted by atomic mass is 79.9. The van der Waals surface area contributed by atoms with E-state index in [1.807, 2.05) is 13.0 Å². The largest absolute Gasteiger partial charge is 0.213 e. The lowest BCUT2D eigenvalue weighted by atomic mass is 10.3. The molecule has 3 aromatic heterocycles. The number of halogens is 1. The van der Waals surface area contributed by atoms with Crippen LogP contribution in [-0.4, -0.2) is 20.4 Å². The fourth-order valence-corrected chi connectivity index (χ4v) is 4.10. The van der Waals surface area contributed by atoms with Gasteiger partial charge in [-0.3, -0.25) is 0 Å². The predicted octanol–water partition coefficient (Wildman–Crippen LogP) is 4.41. The van der Waals surface area contributed by atoms with E-state index < -0.39 is 0 Å². The molecular weight excluding hydrogens is 356 g/mol. The summed E-state index contributed by atoms with van der Waals surface area (Å²) in [4.78, 5) is 3.25. The van der Waals surface area contributed by atoms with Gasteiger partial charge in [0.05, 0.1) is 13.5 Å². The molecule has 3 heterocycles. The second-order valence-corrected chi connectivity index (χ2v) is 8.09. The van der Waals surface area contributed by atoms with E-state index in [-0.39, 0.29) is 0 Å². The number of aryl methyl sites for hydroxylation is 3. The molecule has 102 valence electrons. The van der Waals surface area contributed by atoms with Crippen molar-refractivity contribution in [2.24, 2.45) is 0 Å². The van der Waals surface area contributed by atoms with Gasteiger partial charge in [-0.1, -0.05) is 0 Å². The Labute approximate surface area is 133 Å². The normalized spacial score (nSPS) is 11.0. The summed E-state index contributed by atoms with van der Waals surface area (Å²) in [6.07, 6.45) is 0. The van der Waals surface area contributed by atoms with E-state index in [2.05, 4.69) is 56.2 Å². The summed E-state index contributed by atoms with van der Waals surface area (Å²) >= 11 is 6.75. The fraction of sp³-hybridized carbons (Fsp3) is 0.231. The molecule has 0 fully saturated rings. The predicted molar refractivity (Wildman–Crippen MR) is 86.2 cm³/mol. The van der Waals surface area contributed by atoms with Crippen molar-refractivity contribution in [2.45, 2.75) is 20.8 Å². The van der Waals surface area contributed by atoms with E-state index in [4.69, 9.17) is 0 Å². The smallest absolute Gasteiger partial charge is 0.137 e. The van der Waals surface area contributed by atoms with Gasteiger partial charge in [-0.25, -0.2) is 0 Å². The number of thiophene rings is 2. The molecule has 3 rings (SSSR count). The number of rotatable bonds is 2. The van der Waals surface area contributed by atoms with Gasteiger partial charge in [-0.15, -0.1) is 43.1 Å². The lowest BCUT2D eigenvalue weighted by molar-refractivity contribution is 0.881. The van der Waals surface area contributed by atoms with Crippen LogP contribution in [0.3, 0.4) is 0 Å². The summed E-state index contributed by atoms with van der Waals surface area (Å²) in [7, 11) is 0. The molecule has 20 heavy (non-hydrogen) atoms. The van der Waals surface area contributed by atoms with Crippen LogP contribution in [0.15, 0.2) is 15.9 Å². The molecule has 0 saturated heterocycles. The van der Waals surface area contributed by atoms with Crippen LogP contribution in [0.2, 0.25) is 0 Å². The van der Waals surface area contributed by atoms with Gasteiger partial charge in [-0.05, 0) is 60.0 Å². The van der Waals surface area contributed by atoms with Gasteiger partial charge in [0.25, 0.3) is 0 Å². The molecule has 0 atom stereocenters. The Balaban J connectivity index is 1.95. The highest BCUT2D eigenvalue weighted by Gasteiger charge is 2.12. The average molecular weight is 367 g/mol. The molecule has 0 saturated carbocycles. The minimum atomic E-state index is 0.567. The quantitative estimate of drug-likeness (QED) is 0.673. The van der Waals surface area contributed by atoms with Gasteiger partial charge < -0.3 is 0 Å². The third-order valence-electron chi connectivity index (χ3n) is 2.94. The zero-order valence-electron chi connectivity index (χ0n) is 11.1. The highest BCUT2D eigenvalue weighted by Crippen LogP contribution is 2.33.